The molecule has 51 heavy (non-hydrogen) atoms. The standard InChI is InChI=1S/C36H52N8O7/c37-32(48)28(20-25-13-16-26(46)17-14-25)43-33(49)27(12-7-19-40-36(38)39)42-35(51)30(22-45)44-34(50)29(21-24-10-5-2-6-11-24)41-31(47)18-15-23-8-3-1-4-9-23/h2,5-6,10-11,13-14,16-17,23,27-30,45-46H,1,3-4,7-9,12,15,18-22H2,(H2,37,48)(H,41,47)(H,42,51)(H,43,49)(H,44,50)(H4,38,39,40)/t27?,28-,29?,30?/m0/s1. The lowest BCUT2D eigenvalue weighted by molar-refractivity contribution is -0.135. The quantitative estimate of drug-likeness (QED) is 0.0509. The minimum atomic E-state index is -1.48. The van der Waals surface area contributed by atoms with Gasteiger partial charge < -0.3 is 48.7 Å². The second-order valence-corrected chi connectivity index (χ2v) is 12.9. The summed E-state index contributed by atoms with van der Waals surface area (Å²) in [6.45, 7) is -0.672. The molecule has 1 aliphatic carbocycles. The molecule has 3 unspecified atom stereocenters. The third-order valence-corrected chi connectivity index (χ3v) is 8.87. The molecule has 1 aliphatic rings. The average Bonchev–Trinajstić information content (AvgIpc) is 3.11. The van der Waals surface area contributed by atoms with Gasteiger partial charge in [-0.25, -0.2) is 0 Å². The Morgan fingerprint density at radius 1 is 0.725 bits per heavy atom. The van der Waals surface area contributed by atoms with E-state index < -0.39 is 54.4 Å². The van der Waals surface area contributed by atoms with Gasteiger partial charge in [-0.2, -0.15) is 0 Å². The number of aliphatic hydroxyl groups is 1. The zero-order valence-corrected chi connectivity index (χ0v) is 28.9. The van der Waals surface area contributed by atoms with Crippen molar-refractivity contribution >= 4 is 35.5 Å². The van der Waals surface area contributed by atoms with Gasteiger partial charge >= 0.3 is 0 Å². The van der Waals surface area contributed by atoms with Gasteiger partial charge in [0.05, 0.1) is 6.61 Å². The van der Waals surface area contributed by atoms with E-state index >= 15 is 0 Å². The first-order valence-electron chi connectivity index (χ1n) is 17.4. The largest absolute Gasteiger partial charge is 0.508 e. The monoisotopic (exact) mass is 708 g/mol. The minimum absolute atomic E-state index is 0.0144. The highest BCUT2D eigenvalue weighted by Gasteiger charge is 2.31. The van der Waals surface area contributed by atoms with Crippen LogP contribution in [-0.2, 0) is 36.8 Å². The number of primary amides is 1. The summed E-state index contributed by atoms with van der Waals surface area (Å²) < 4.78 is 0. The van der Waals surface area contributed by atoms with Gasteiger partial charge in [-0.15, -0.1) is 0 Å². The first-order chi connectivity index (χ1) is 24.4. The number of guanidine groups is 1. The van der Waals surface area contributed by atoms with Crippen LogP contribution >= 0.6 is 0 Å². The van der Waals surface area contributed by atoms with Crippen LogP contribution in [0.2, 0.25) is 0 Å². The molecule has 3 rings (SSSR count). The summed E-state index contributed by atoms with van der Waals surface area (Å²) in [5.41, 5.74) is 17.8. The second kappa shape index (κ2) is 21.1. The summed E-state index contributed by atoms with van der Waals surface area (Å²) in [5, 5.41) is 30.2. The molecule has 0 spiro atoms. The van der Waals surface area contributed by atoms with Crippen molar-refractivity contribution in [1.29, 1.82) is 0 Å². The predicted molar refractivity (Wildman–Crippen MR) is 192 cm³/mol. The molecular formula is C36H52N8O7. The van der Waals surface area contributed by atoms with Gasteiger partial charge in [0.1, 0.15) is 29.9 Å². The maximum atomic E-state index is 13.6. The van der Waals surface area contributed by atoms with Crippen molar-refractivity contribution in [3.05, 3.63) is 65.7 Å². The molecule has 15 heteroatoms. The number of hydrogen-bond donors (Lipinski definition) is 9. The number of aliphatic hydroxyl groups excluding tert-OH is 1. The molecule has 0 heterocycles. The van der Waals surface area contributed by atoms with Gasteiger partial charge in [-0.05, 0) is 48.4 Å². The number of hydrogen-bond acceptors (Lipinski definition) is 8. The predicted octanol–water partition coefficient (Wildman–Crippen LogP) is 0.00830. The fourth-order valence-corrected chi connectivity index (χ4v) is 6.01. The second-order valence-electron chi connectivity index (χ2n) is 12.9. The van der Waals surface area contributed by atoms with Gasteiger partial charge in [0.15, 0.2) is 5.96 Å². The Morgan fingerprint density at radius 3 is 1.92 bits per heavy atom. The van der Waals surface area contributed by atoms with Crippen molar-refractivity contribution in [1.82, 2.24) is 21.3 Å². The van der Waals surface area contributed by atoms with Crippen molar-refractivity contribution in [2.45, 2.75) is 94.8 Å². The fourth-order valence-electron chi connectivity index (χ4n) is 6.01. The van der Waals surface area contributed by atoms with Crippen molar-refractivity contribution in [3.8, 4) is 5.75 Å². The van der Waals surface area contributed by atoms with Gasteiger partial charge in [0, 0.05) is 25.8 Å². The maximum Gasteiger partial charge on any atom is 0.245 e. The number of nitrogens with zero attached hydrogens (tertiary/aromatic N) is 1. The van der Waals surface area contributed by atoms with Gasteiger partial charge in [-0.3, -0.25) is 29.0 Å². The molecule has 0 aromatic heterocycles. The van der Waals surface area contributed by atoms with E-state index in [2.05, 4.69) is 26.3 Å². The molecule has 4 atom stereocenters. The van der Waals surface area contributed by atoms with Crippen molar-refractivity contribution in [3.63, 3.8) is 0 Å². The van der Waals surface area contributed by atoms with Crippen LogP contribution < -0.4 is 38.5 Å². The maximum absolute atomic E-state index is 13.6. The lowest BCUT2D eigenvalue weighted by Crippen LogP contribution is -2.59. The van der Waals surface area contributed by atoms with Crippen LogP contribution in [0.3, 0.4) is 0 Å². The van der Waals surface area contributed by atoms with E-state index in [-0.39, 0.29) is 56.3 Å². The number of carbonyl (C=O) groups excluding carboxylic acids is 5. The third-order valence-electron chi connectivity index (χ3n) is 8.87. The number of rotatable bonds is 20. The number of phenols is 1. The molecular weight excluding hydrogens is 656 g/mol. The van der Waals surface area contributed by atoms with E-state index in [0.29, 0.717) is 11.5 Å². The number of aromatic hydroxyl groups is 1. The Balaban J connectivity index is 1.71. The zero-order valence-electron chi connectivity index (χ0n) is 28.9. The molecule has 1 saturated carbocycles. The smallest absolute Gasteiger partial charge is 0.245 e. The van der Waals surface area contributed by atoms with Crippen LogP contribution in [0, 0.1) is 5.92 Å². The molecule has 12 N–H and O–H groups in total. The van der Waals surface area contributed by atoms with Crippen LogP contribution in [0.4, 0.5) is 0 Å². The Bertz CT molecular complexity index is 1460. The number of phenolic OH excluding ortho intramolecular Hbond substituents is 1. The van der Waals surface area contributed by atoms with Gasteiger partial charge in [0.2, 0.25) is 29.5 Å². The van der Waals surface area contributed by atoms with Crippen LogP contribution in [0.5, 0.6) is 5.75 Å². The molecule has 0 aliphatic heterocycles. The molecule has 1 fully saturated rings. The summed E-state index contributed by atoms with van der Waals surface area (Å²) >= 11 is 0. The molecule has 0 saturated heterocycles. The zero-order chi connectivity index (χ0) is 37.2. The van der Waals surface area contributed by atoms with Crippen molar-refractivity contribution in [2.24, 2.45) is 28.1 Å². The number of carbonyl (C=O) groups is 5. The van der Waals surface area contributed by atoms with E-state index in [1.54, 1.807) is 12.1 Å². The summed E-state index contributed by atoms with van der Waals surface area (Å²) in [5.74, 6) is -3.06. The summed E-state index contributed by atoms with van der Waals surface area (Å²) in [6, 6.07) is 10.2. The Kier molecular flexibility index (Phi) is 16.7. The number of aliphatic imine (C=N–C) groups is 1. The molecule has 2 aromatic carbocycles. The van der Waals surface area contributed by atoms with Crippen molar-refractivity contribution in [2.75, 3.05) is 13.2 Å². The Morgan fingerprint density at radius 2 is 1.29 bits per heavy atom. The molecule has 0 bridgehead atoms. The Labute approximate surface area is 298 Å². The lowest BCUT2D eigenvalue weighted by Gasteiger charge is -2.26. The van der Waals surface area contributed by atoms with Gasteiger partial charge in [-0.1, -0.05) is 74.6 Å². The van der Waals surface area contributed by atoms with Crippen LogP contribution in [-0.4, -0.2) is 83.0 Å². The average molecular weight is 709 g/mol. The van der Waals surface area contributed by atoms with Gasteiger partial charge in [0.25, 0.3) is 0 Å². The number of amides is 5. The van der Waals surface area contributed by atoms with Crippen LogP contribution in [0.15, 0.2) is 59.6 Å². The van der Waals surface area contributed by atoms with Crippen molar-refractivity contribution < 1.29 is 34.2 Å². The number of nitrogens with two attached hydrogens (primary N) is 3. The summed E-state index contributed by atoms with van der Waals surface area (Å²) in [7, 11) is 0. The minimum Gasteiger partial charge on any atom is -0.508 e. The highest BCUT2D eigenvalue weighted by Crippen LogP contribution is 2.27. The van der Waals surface area contributed by atoms with E-state index in [4.69, 9.17) is 17.2 Å². The SMILES string of the molecule is NC(=O)[C@H](Cc1ccc(O)cc1)NC(=O)C(CCCN=C(N)N)NC(=O)C(CO)NC(=O)C(Cc1ccccc1)NC(=O)CCC1CCCCC1. The molecule has 5 amide bonds. The van der Waals surface area contributed by atoms with E-state index in [1.165, 1.54) is 18.6 Å². The topological polar surface area (TPSA) is 264 Å². The fraction of sp³-hybridized carbons (Fsp3) is 0.500. The van der Waals surface area contributed by atoms with Crippen LogP contribution in [0.1, 0.15) is 68.9 Å². The van der Waals surface area contributed by atoms with Crippen LogP contribution in [0.25, 0.3) is 0 Å². The summed E-state index contributed by atoms with van der Waals surface area (Å²) in [4.78, 5) is 69.6. The third kappa shape index (κ3) is 14.7. The van der Waals surface area contributed by atoms with E-state index in [1.807, 2.05) is 30.3 Å². The summed E-state index contributed by atoms with van der Waals surface area (Å²) in [6.07, 6.45) is 7.12. The lowest BCUT2D eigenvalue weighted by atomic mass is 9.86. The van der Waals surface area contributed by atoms with E-state index in [9.17, 15) is 34.2 Å². The number of benzene rings is 2. The molecule has 15 nitrogen and oxygen atoms in total. The first-order valence-corrected chi connectivity index (χ1v) is 17.4. The number of nitrogens with one attached hydrogen (secondary N) is 4. The molecule has 0 radical (unpaired) electrons. The highest BCUT2D eigenvalue weighted by atomic mass is 16.3. The molecule has 278 valence electrons. The Hall–Kier alpha value is -5.18. The van der Waals surface area contributed by atoms with E-state index in [0.717, 1.165) is 37.7 Å². The molecule has 2 aromatic rings. The first kappa shape index (κ1) is 40.3. The highest BCUT2D eigenvalue weighted by molar-refractivity contribution is 5.95. The normalized spacial score (nSPS) is 15.3.